The second kappa shape index (κ2) is 3.86. The Bertz CT molecular complexity index is 526. The van der Waals surface area contributed by atoms with Gasteiger partial charge in [-0.1, -0.05) is 23.7 Å². The molecule has 1 fully saturated rings. The van der Waals surface area contributed by atoms with Gasteiger partial charge in [-0.3, -0.25) is 0 Å². The second-order valence-corrected chi connectivity index (χ2v) is 5.25. The van der Waals surface area contributed by atoms with Gasteiger partial charge in [-0.2, -0.15) is 5.10 Å². The van der Waals surface area contributed by atoms with Gasteiger partial charge in [0, 0.05) is 11.7 Å². The van der Waals surface area contributed by atoms with Crippen molar-refractivity contribution >= 4 is 11.6 Å². The Morgan fingerprint density at radius 1 is 1.29 bits per heavy atom. The van der Waals surface area contributed by atoms with Gasteiger partial charge in [-0.25, -0.2) is 4.68 Å². The highest BCUT2D eigenvalue weighted by Crippen LogP contribution is 2.35. The molecule has 0 bridgehead atoms. The third-order valence-electron chi connectivity index (χ3n) is 3.20. The van der Waals surface area contributed by atoms with Gasteiger partial charge >= 0.3 is 0 Å². The van der Waals surface area contributed by atoms with Crippen LogP contribution >= 0.6 is 11.6 Å². The van der Waals surface area contributed by atoms with E-state index in [1.165, 1.54) is 5.56 Å². The predicted molar refractivity (Wildman–Crippen MR) is 68.4 cm³/mol. The molecule has 1 aliphatic rings. The molecule has 1 aromatic carbocycles. The molecule has 1 saturated carbocycles. The van der Waals surface area contributed by atoms with Gasteiger partial charge in [0.05, 0.1) is 16.9 Å². The molecule has 0 spiro atoms. The number of hydrogen-bond donors (Lipinski definition) is 1. The van der Waals surface area contributed by atoms with Crippen LogP contribution in [0.3, 0.4) is 0 Å². The average Bonchev–Trinajstić information content (AvgIpc) is 2.87. The maximum absolute atomic E-state index is 6.10. The zero-order valence-corrected chi connectivity index (χ0v) is 10.2. The smallest absolute Gasteiger partial charge is 0.0790 e. The molecule has 2 aromatic rings. The Kier molecular flexibility index (Phi) is 2.45. The highest BCUT2D eigenvalue weighted by Gasteiger charge is 2.37. The third kappa shape index (κ3) is 2.35. The summed E-state index contributed by atoms with van der Waals surface area (Å²) in [6, 6.07) is 8.31. The summed E-state index contributed by atoms with van der Waals surface area (Å²) in [5.74, 6) is 0. The number of hydrogen-bond acceptors (Lipinski definition) is 2. The molecular formula is C13H14ClN3. The Morgan fingerprint density at radius 3 is 2.53 bits per heavy atom. The van der Waals surface area contributed by atoms with Gasteiger partial charge in [0.15, 0.2) is 0 Å². The van der Waals surface area contributed by atoms with E-state index in [0.717, 1.165) is 24.9 Å². The SMILES string of the molecule is NC1(Cc2ccc(-n3cc(Cl)cn3)cc2)CC1. The number of benzene rings is 1. The second-order valence-electron chi connectivity index (χ2n) is 4.81. The molecule has 3 rings (SSSR count). The molecule has 1 heterocycles. The minimum atomic E-state index is 0.0660. The van der Waals surface area contributed by atoms with Crippen LogP contribution in [0.25, 0.3) is 5.69 Å². The van der Waals surface area contributed by atoms with Crippen LogP contribution in [0, 0.1) is 0 Å². The van der Waals surface area contributed by atoms with Crippen molar-refractivity contribution in [1.82, 2.24) is 9.78 Å². The molecule has 0 radical (unpaired) electrons. The summed E-state index contributed by atoms with van der Waals surface area (Å²) in [6.45, 7) is 0. The fraction of sp³-hybridized carbons (Fsp3) is 0.308. The summed E-state index contributed by atoms with van der Waals surface area (Å²) in [5.41, 5.74) is 8.46. The van der Waals surface area contributed by atoms with Crippen molar-refractivity contribution in [3.8, 4) is 5.69 Å². The van der Waals surface area contributed by atoms with Crippen LogP contribution in [-0.2, 0) is 6.42 Å². The lowest BCUT2D eigenvalue weighted by Gasteiger charge is -2.09. The van der Waals surface area contributed by atoms with Gasteiger partial charge in [-0.15, -0.1) is 0 Å². The summed E-state index contributed by atoms with van der Waals surface area (Å²) in [5, 5.41) is 4.81. The predicted octanol–water partition coefficient (Wildman–Crippen LogP) is 2.56. The molecule has 0 amide bonds. The lowest BCUT2D eigenvalue weighted by molar-refractivity contribution is 0.672. The van der Waals surface area contributed by atoms with Crippen molar-refractivity contribution in [3.63, 3.8) is 0 Å². The number of nitrogens with two attached hydrogens (primary N) is 1. The topological polar surface area (TPSA) is 43.8 Å². The van der Waals surface area contributed by atoms with Crippen LogP contribution in [0.15, 0.2) is 36.7 Å². The van der Waals surface area contributed by atoms with Gasteiger partial charge in [0.2, 0.25) is 0 Å². The Morgan fingerprint density at radius 2 is 2.00 bits per heavy atom. The fourth-order valence-corrected chi connectivity index (χ4v) is 2.09. The highest BCUT2D eigenvalue weighted by atomic mass is 35.5. The molecule has 0 saturated heterocycles. The average molecular weight is 248 g/mol. The molecule has 1 aromatic heterocycles. The van der Waals surface area contributed by atoms with E-state index >= 15 is 0 Å². The van der Waals surface area contributed by atoms with Crippen molar-refractivity contribution in [2.45, 2.75) is 24.8 Å². The lowest BCUT2D eigenvalue weighted by Crippen LogP contribution is -2.24. The Balaban J connectivity index is 1.80. The Labute approximate surface area is 105 Å². The van der Waals surface area contributed by atoms with Gasteiger partial charge < -0.3 is 5.73 Å². The molecule has 88 valence electrons. The lowest BCUT2D eigenvalue weighted by atomic mass is 10.0. The molecule has 2 N–H and O–H groups in total. The zero-order valence-electron chi connectivity index (χ0n) is 9.44. The monoisotopic (exact) mass is 247 g/mol. The van der Waals surface area contributed by atoms with E-state index in [4.69, 9.17) is 17.3 Å². The van der Waals surface area contributed by atoms with Gasteiger partial charge in [-0.05, 0) is 37.0 Å². The van der Waals surface area contributed by atoms with Gasteiger partial charge in [0.25, 0.3) is 0 Å². The van der Waals surface area contributed by atoms with E-state index in [9.17, 15) is 0 Å². The molecule has 0 unspecified atom stereocenters. The molecule has 0 atom stereocenters. The van der Waals surface area contributed by atoms with Crippen molar-refractivity contribution in [2.24, 2.45) is 5.73 Å². The van der Waals surface area contributed by atoms with E-state index in [2.05, 4.69) is 17.2 Å². The van der Waals surface area contributed by atoms with Crippen LogP contribution in [0.1, 0.15) is 18.4 Å². The van der Waals surface area contributed by atoms with Crippen molar-refractivity contribution < 1.29 is 0 Å². The molecular weight excluding hydrogens is 234 g/mol. The molecule has 3 nitrogen and oxygen atoms in total. The number of nitrogens with zero attached hydrogens (tertiary/aromatic N) is 2. The molecule has 1 aliphatic carbocycles. The van der Waals surface area contributed by atoms with Crippen LogP contribution in [0.5, 0.6) is 0 Å². The van der Waals surface area contributed by atoms with Crippen molar-refractivity contribution in [2.75, 3.05) is 0 Å². The fourth-order valence-electron chi connectivity index (χ4n) is 1.95. The first-order valence-electron chi connectivity index (χ1n) is 5.73. The molecule has 17 heavy (non-hydrogen) atoms. The summed E-state index contributed by atoms with van der Waals surface area (Å²) >= 11 is 5.84. The normalized spacial score (nSPS) is 17.1. The largest absolute Gasteiger partial charge is 0.325 e. The first kappa shape index (κ1) is 10.8. The quantitative estimate of drug-likeness (QED) is 0.906. The zero-order chi connectivity index (χ0) is 11.9. The van der Waals surface area contributed by atoms with Crippen LogP contribution < -0.4 is 5.73 Å². The summed E-state index contributed by atoms with van der Waals surface area (Å²) in [6.07, 6.45) is 6.68. The van der Waals surface area contributed by atoms with Crippen LogP contribution in [-0.4, -0.2) is 15.3 Å². The summed E-state index contributed by atoms with van der Waals surface area (Å²) < 4.78 is 1.77. The van der Waals surface area contributed by atoms with E-state index in [-0.39, 0.29) is 5.54 Å². The minimum absolute atomic E-state index is 0.0660. The standard InChI is InChI=1S/C13H14ClN3/c14-11-8-16-17(9-11)12-3-1-10(2-4-12)7-13(15)5-6-13/h1-4,8-9H,5-7,15H2. The Hall–Kier alpha value is -1.32. The van der Waals surface area contributed by atoms with Crippen LogP contribution in [0.2, 0.25) is 5.02 Å². The third-order valence-corrected chi connectivity index (χ3v) is 3.40. The van der Waals surface area contributed by atoms with Crippen molar-refractivity contribution in [3.05, 3.63) is 47.2 Å². The number of aromatic nitrogens is 2. The maximum atomic E-state index is 6.10. The first-order chi connectivity index (χ1) is 8.15. The highest BCUT2D eigenvalue weighted by molar-refractivity contribution is 6.30. The number of rotatable bonds is 3. The van der Waals surface area contributed by atoms with E-state index in [0.29, 0.717) is 5.02 Å². The molecule has 4 heteroatoms. The van der Waals surface area contributed by atoms with E-state index in [1.807, 2.05) is 12.1 Å². The van der Waals surface area contributed by atoms with Crippen LogP contribution in [0.4, 0.5) is 0 Å². The van der Waals surface area contributed by atoms with E-state index in [1.54, 1.807) is 17.1 Å². The van der Waals surface area contributed by atoms with Gasteiger partial charge in [0.1, 0.15) is 0 Å². The first-order valence-corrected chi connectivity index (χ1v) is 6.11. The van der Waals surface area contributed by atoms with E-state index < -0.39 is 0 Å². The number of halogens is 1. The molecule has 0 aliphatic heterocycles. The maximum Gasteiger partial charge on any atom is 0.0790 e. The summed E-state index contributed by atoms with van der Waals surface area (Å²) in [7, 11) is 0. The summed E-state index contributed by atoms with van der Waals surface area (Å²) in [4.78, 5) is 0. The van der Waals surface area contributed by atoms with Crippen molar-refractivity contribution in [1.29, 1.82) is 0 Å². The minimum Gasteiger partial charge on any atom is -0.325 e.